The van der Waals surface area contributed by atoms with Crippen LogP contribution < -0.4 is 10.2 Å². The number of hydrogen-bond acceptors (Lipinski definition) is 3. The maximum atomic E-state index is 12.3. The van der Waals surface area contributed by atoms with Crippen LogP contribution in [0.15, 0.2) is 30.9 Å². The van der Waals surface area contributed by atoms with E-state index in [9.17, 15) is 4.79 Å². The Hall–Kier alpha value is -2.08. The molecule has 1 saturated heterocycles. The van der Waals surface area contributed by atoms with Gasteiger partial charge in [0.05, 0.1) is 17.9 Å². The Morgan fingerprint density at radius 3 is 3.16 bits per heavy atom. The number of carbonyl (C=O) groups is 1. The molecule has 0 bridgehead atoms. The van der Waals surface area contributed by atoms with Crippen molar-refractivity contribution in [2.24, 2.45) is 7.05 Å². The van der Waals surface area contributed by atoms with Gasteiger partial charge in [0.25, 0.3) is 0 Å². The number of carbonyl (C=O) groups excluding carboxylic acids is 1. The molecule has 100 valence electrons. The smallest absolute Gasteiger partial charge is 0.244 e. The predicted molar refractivity (Wildman–Crippen MR) is 71.6 cm³/mol. The van der Waals surface area contributed by atoms with Gasteiger partial charge >= 0.3 is 0 Å². The molecule has 1 aliphatic heterocycles. The van der Waals surface area contributed by atoms with Crippen molar-refractivity contribution < 1.29 is 4.79 Å². The number of rotatable bonds is 4. The van der Waals surface area contributed by atoms with Crippen molar-refractivity contribution in [1.29, 1.82) is 0 Å². The maximum absolute atomic E-state index is 12.3. The molecule has 0 spiro atoms. The number of nitrogens with zero attached hydrogens (tertiary/aromatic N) is 3. The lowest BCUT2D eigenvalue weighted by molar-refractivity contribution is -0.118. The molecule has 0 aliphatic carbocycles. The lowest BCUT2D eigenvalue weighted by Crippen LogP contribution is -2.37. The van der Waals surface area contributed by atoms with Gasteiger partial charge in [-0.2, -0.15) is 5.10 Å². The van der Waals surface area contributed by atoms with E-state index in [1.54, 1.807) is 15.8 Å². The zero-order valence-electron chi connectivity index (χ0n) is 10.8. The molecule has 3 heterocycles. The highest BCUT2D eigenvalue weighted by molar-refractivity contribution is 5.99. The van der Waals surface area contributed by atoms with E-state index in [4.69, 9.17) is 0 Å². The highest BCUT2D eigenvalue weighted by atomic mass is 16.2. The lowest BCUT2D eigenvalue weighted by Gasteiger charge is -2.14. The van der Waals surface area contributed by atoms with Gasteiger partial charge in [0.2, 0.25) is 5.91 Å². The first-order valence-corrected chi connectivity index (χ1v) is 6.39. The van der Waals surface area contributed by atoms with E-state index >= 15 is 0 Å². The molecule has 1 atom stereocenters. The number of anilines is 1. The largest absolute Gasteiger partial charge is 0.367 e. The Morgan fingerprint density at radius 1 is 1.58 bits per heavy atom. The van der Waals surface area contributed by atoms with Gasteiger partial charge < -0.3 is 15.2 Å². The van der Waals surface area contributed by atoms with E-state index in [0.29, 0.717) is 6.54 Å². The van der Waals surface area contributed by atoms with Crippen molar-refractivity contribution in [2.45, 2.75) is 19.0 Å². The molecule has 2 aromatic rings. The number of aryl methyl sites for hydroxylation is 1. The molecule has 1 unspecified atom stereocenters. The van der Waals surface area contributed by atoms with Crippen LogP contribution in [-0.4, -0.2) is 33.3 Å². The molecule has 3 rings (SSSR count). The van der Waals surface area contributed by atoms with Crippen LogP contribution in [0, 0.1) is 0 Å². The van der Waals surface area contributed by atoms with Crippen LogP contribution in [0.2, 0.25) is 0 Å². The molecule has 6 nitrogen and oxygen atoms in total. The summed E-state index contributed by atoms with van der Waals surface area (Å²) in [4.78, 5) is 17.1. The van der Waals surface area contributed by atoms with Crippen LogP contribution in [0.3, 0.4) is 0 Å². The second kappa shape index (κ2) is 4.89. The van der Waals surface area contributed by atoms with Gasteiger partial charge in [-0.25, -0.2) is 0 Å². The van der Waals surface area contributed by atoms with E-state index in [1.807, 2.05) is 31.7 Å². The molecular weight excluding hydrogens is 242 g/mol. The number of amides is 1. The zero-order valence-corrected chi connectivity index (χ0v) is 10.8. The van der Waals surface area contributed by atoms with Crippen LogP contribution in [0.4, 0.5) is 5.69 Å². The van der Waals surface area contributed by atoms with Crippen molar-refractivity contribution in [3.63, 3.8) is 0 Å². The van der Waals surface area contributed by atoms with Crippen molar-refractivity contribution in [2.75, 3.05) is 11.4 Å². The summed E-state index contributed by atoms with van der Waals surface area (Å²) >= 11 is 0. The Labute approximate surface area is 111 Å². The number of H-pyrrole nitrogens is 1. The standard InChI is InChI=1S/C13H17N5O/c1-17-9-11(8-16-17)18-5-3-12(13(18)19)15-7-10-2-4-14-6-10/h2,4,6,8-9,12,14-15H,3,5,7H2,1H3. The monoisotopic (exact) mass is 259 g/mol. The van der Waals surface area contributed by atoms with Gasteiger partial charge in [0.1, 0.15) is 0 Å². The lowest BCUT2D eigenvalue weighted by atomic mass is 10.2. The van der Waals surface area contributed by atoms with Crippen LogP contribution in [0.5, 0.6) is 0 Å². The summed E-state index contributed by atoms with van der Waals surface area (Å²) < 4.78 is 1.71. The average Bonchev–Trinajstić information content (AvgIpc) is 3.09. The Balaban J connectivity index is 1.62. The van der Waals surface area contributed by atoms with Gasteiger partial charge in [-0.05, 0) is 18.1 Å². The number of aromatic amines is 1. The molecule has 6 heteroatoms. The third-order valence-corrected chi connectivity index (χ3v) is 3.42. The molecule has 1 fully saturated rings. The normalized spacial score (nSPS) is 19.3. The summed E-state index contributed by atoms with van der Waals surface area (Å²) in [5, 5.41) is 7.41. The van der Waals surface area contributed by atoms with Crippen molar-refractivity contribution in [3.8, 4) is 0 Å². The highest BCUT2D eigenvalue weighted by Crippen LogP contribution is 2.20. The molecule has 19 heavy (non-hydrogen) atoms. The molecule has 0 aromatic carbocycles. The van der Waals surface area contributed by atoms with E-state index in [0.717, 1.165) is 24.2 Å². The molecule has 0 radical (unpaired) electrons. The van der Waals surface area contributed by atoms with Gasteiger partial charge in [0, 0.05) is 38.7 Å². The predicted octanol–water partition coefficient (Wildman–Crippen LogP) is 0.643. The van der Waals surface area contributed by atoms with Gasteiger partial charge in [0.15, 0.2) is 0 Å². The van der Waals surface area contributed by atoms with E-state index < -0.39 is 0 Å². The summed E-state index contributed by atoms with van der Waals surface area (Å²) in [5.74, 6) is 0.128. The van der Waals surface area contributed by atoms with Crippen LogP contribution in [-0.2, 0) is 18.4 Å². The van der Waals surface area contributed by atoms with Crippen molar-refractivity contribution >= 4 is 11.6 Å². The number of aromatic nitrogens is 3. The van der Waals surface area contributed by atoms with Crippen molar-refractivity contribution in [1.82, 2.24) is 20.1 Å². The number of nitrogens with one attached hydrogen (secondary N) is 2. The second-order valence-electron chi connectivity index (χ2n) is 4.80. The fourth-order valence-corrected chi connectivity index (χ4v) is 2.38. The van der Waals surface area contributed by atoms with Crippen molar-refractivity contribution in [3.05, 3.63) is 36.4 Å². The summed E-state index contributed by atoms with van der Waals surface area (Å²) in [5.41, 5.74) is 2.03. The van der Waals surface area contributed by atoms with Crippen LogP contribution in [0.25, 0.3) is 0 Å². The summed E-state index contributed by atoms with van der Waals surface area (Å²) in [6.45, 7) is 1.45. The minimum absolute atomic E-state index is 0.102. The second-order valence-corrected chi connectivity index (χ2v) is 4.80. The first-order chi connectivity index (χ1) is 9.24. The summed E-state index contributed by atoms with van der Waals surface area (Å²) in [6.07, 6.45) is 8.25. The molecular formula is C13H17N5O. The maximum Gasteiger partial charge on any atom is 0.244 e. The van der Waals surface area contributed by atoms with E-state index in [-0.39, 0.29) is 11.9 Å². The van der Waals surface area contributed by atoms with Gasteiger partial charge in [-0.15, -0.1) is 0 Å². The molecule has 1 amide bonds. The first kappa shape index (κ1) is 12.0. The highest BCUT2D eigenvalue weighted by Gasteiger charge is 2.32. The third kappa shape index (κ3) is 2.39. The fraction of sp³-hybridized carbons (Fsp3) is 0.385. The Morgan fingerprint density at radius 2 is 2.47 bits per heavy atom. The minimum Gasteiger partial charge on any atom is -0.367 e. The topological polar surface area (TPSA) is 65.9 Å². The Bertz CT molecular complexity index is 559. The van der Waals surface area contributed by atoms with E-state index in [2.05, 4.69) is 15.4 Å². The molecule has 2 N–H and O–H groups in total. The molecule has 2 aromatic heterocycles. The minimum atomic E-state index is -0.102. The molecule has 0 saturated carbocycles. The van der Waals surface area contributed by atoms with Crippen LogP contribution in [0.1, 0.15) is 12.0 Å². The zero-order chi connectivity index (χ0) is 13.2. The fourth-order valence-electron chi connectivity index (χ4n) is 2.38. The third-order valence-electron chi connectivity index (χ3n) is 3.42. The number of hydrogen-bond donors (Lipinski definition) is 2. The van der Waals surface area contributed by atoms with E-state index in [1.165, 1.54) is 0 Å². The summed E-state index contributed by atoms with van der Waals surface area (Å²) in [7, 11) is 1.85. The van der Waals surface area contributed by atoms with Gasteiger partial charge in [-0.1, -0.05) is 0 Å². The summed E-state index contributed by atoms with van der Waals surface area (Å²) in [6, 6.07) is 1.90. The average molecular weight is 259 g/mol. The Kier molecular flexibility index (Phi) is 3.08. The SMILES string of the molecule is Cn1cc(N2CCC(NCc3cc[nH]c3)C2=O)cn1. The molecule has 1 aliphatic rings. The van der Waals surface area contributed by atoms with Crippen LogP contribution >= 0.6 is 0 Å². The van der Waals surface area contributed by atoms with Gasteiger partial charge in [-0.3, -0.25) is 9.48 Å². The first-order valence-electron chi connectivity index (χ1n) is 6.39. The quantitative estimate of drug-likeness (QED) is 0.847.